The van der Waals surface area contributed by atoms with E-state index in [-0.39, 0.29) is 10.8 Å². The molecule has 6 rings (SSSR count). The summed E-state index contributed by atoms with van der Waals surface area (Å²) in [6.07, 6.45) is 10.6. The molecular formula is C20H29BrO. The minimum Gasteiger partial charge on any atom is -0.299 e. The highest BCUT2D eigenvalue weighted by atomic mass is 79.9. The van der Waals surface area contributed by atoms with Gasteiger partial charge in [0.15, 0.2) is 0 Å². The molecule has 0 spiro atoms. The van der Waals surface area contributed by atoms with Crippen molar-refractivity contribution in [3.8, 4) is 0 Å². The molecule has 0 aromatic heterocycles. The summed E-state index contributed by atoms with van der Waals surface area (Å²) < 4.78 is 0.379. The van der Waals surface area contributed by atoms with Gasteiger partial charge in [-0.15, -0.1) is 0 Å². The Morgan fingerprint density at radius 1 is 1.05 bits per heavy atom. The molecule has 1 nitrogen and oxygen atoms in total. The number of fused-ring (bicyclic) bond motifs is 2. The van der Waals surface area contributed by atoms with Crippen LogP contribution in [0.5, 0.6) is 0 Å². The first-order chi connectivity index (χ1) is 10.2. The van der Waals surface area contributed by atoms with Gasteiger partial charge in [-0.25, -0.2) is 0 Å². The van der Waals surface area contributed by atoms with Crippen molar-refractivity contribution in [2.45, 2.75) is 76.5 Å². The van der Waals surface area contributed by atoms with Gasteiger partial charge in [0, 0.05) is 15.7 Å². The van der Waals surface area contributed by atoms with Gasteiger partial charge in [0.2, 0.25) is 0 Å². The highest BCUT2D eigenvalue weighted by Gasteiger charge is 2.72. The number of hydrogen-bond donors (Lipinski definition) is 0. The molecule has 6 saturated carbocycles. The predicted molar refractivity (Wildman–Crippen MR) is 91.9 cm³/mol. The Kier molecular flexibility index (Phi) is 2.54. The molecule has 6 bridgehead atoms. The average molecular weight is 365 g/mol. The first-order valence-corrected chi connectivity index (χ1v) is 10.2. The number of rotatable bonds is 1. The van der Waals surface area contributed by atoms with Crippen molar-refractivity contribution in [3.05, 3.63) is 0 Å². The van der Waals surface area contributed by atoms with E-state index in [2.05, 4.69) is 36.7 Å². The fraction of sp³-hybridized carbons (Fsp3) is 0.950. The van der Waals surface area contributed by atoms with Gasteiger partial charge in [-0.2, -0.15) is 0 Å². The average Bonchev–Trinajstić information content (AvgIpc) is 2.67. The molecule has 122 valence electrons. The molecule has 0 saturated heterocycles. The SMILES string of the molecule is CC1(C)[C@@H]2CC[C@@]1(C)C(=O)C2C12C[C@@H]3C[C@@H](CC(Br)(C3)C1)C2. The van der Waals surface area contributed by atoms with E-state index in [1.165, 1.54) is 44.9 Å². The minimum atomic E-state index is -0.0366. The zero-order chi connectivity index (χ0) is 15.5. The Bertz CT molecular complexity index is 550. The summed E-state index contributed by atoms with van der Waals surface area (Å²) in [5.41, 5.74) is 0.535. The normalized spacial score (nSPS) is 61.2. The Morgan fingerprint density at radius 3 is 2.18 bits per heavy atom. The Labute approximate surface area is 143 Å². The van der Waals surface area contributed by atoms with E-state index in [0.717, 1.165) is 18.3 Å². The second-order valence-corrected chi connectivity index (χ2v) is 12.2. The highest BCUT2D eigenvalue weighted by Crippen LogP contribution is 2.75. The maximum atomic E-state index is 13.5. The third-order valence-electron chi connectivity index (χ3n) is 9.23. The number of carbonyl (C=O) groups is 1. The van der Waals surface area contributed by atoms with Crippen LogP contribution in [0.4, 0.5) is 0 Å². The van der Waals surface area contributed by atoms with Crippen molar-refractivity contribution >= 4 is 21.7 Å². The molecule has 22 heavy (non-hydrogen) atoms. The smallest absolute Gasteiger partial charge is 0.143 e. The van der Waals surface area contributed by atoms with E-state index in [0.29, 0.717) is 27.4 Å². The molecule has 6 fully saturated rings. The maximum Gasteiger partial charge on any atom is 0.143 e. The number of ketones is 1. The van der Waals surface area contributed by atoms with E-state index in [1.54, 1.807) is 0 Å². The molecule has 0 N–H and O–H groups in total. The molecule has 0 aromatic rings. The van der Waals surface area contributed by atoms with Gasteiger partial charge in [-0.3, -0.25) is 4.79 Å². The molecule has 0 heterocycles. The predicted octanol–water partition coefficient (Wildman–Crippen LogP) is 5.36. The molecule has 6 aliphatic rings. The van der Waals surface area contributed by atoms with Crippen molar-refractivity contribution in [3.63, 3.8) is 0 Å². The molecule has 7 atom stereocenters. The quantitative estimate of drug-likeness (QED) is 0.572. The van der Waals surface area contributed by atoms with Crippen molar-refractivity contribution in [1.82, 2.24) is 0 Å². The van der Waals surface area contributed by atoms with Crippen LogP contribution < -0.4 is 0 Å². The first-order valence-electron chi connectivity index (χ1n) is 9.43. The van der Waals surface area contributed by atoms with Crippen LogP contribution in [0.15, 0.2) is 0 Å². The zero-order valence-corrected chi connectivity index (χ0v) is 15.8. The fourth-order valence-corrected chi connectivity index (χ4v) is 9.85. The number of halogens is 1. The lowest BCUT2D eigenvalue weighted by Gasteiger charge is -2.63. The Balaban J connectivity index is 1.60. The highest BCUT2D eigenvalue weighted by molar-refractivity contribution is 9.10. The van der Waals surface area contributed by atoms with Crippen molar-refractivity contribution in [2.24, 2.45) is 39.9 Å². The summed E-state index contributed by atoms with van der Waals surface area (Å²) in [6, 6.07) is 0. The Hall–Kier alpha value is 0.150. The Morgan fingerprint density at radius 2 is 1.68 bits per heavy atom. The summed E-state index contributed by atoms with van der Waals surface area (Å²) in [4.78, 5) is 13.5. The fourth-order valence-electron chi connectivity index (χ4n) is 8.38. The van der Waals surface area contributed by atoms with Gasteiger partial charge in [0.1, 0.15) is 5.78 Å². The molecule has 0 aromatic carbocycles. The summed E-state index contributed by atoms with van der Waals surface area (Å²) in [5.74, 6) is 3.47. The third-order valence-corrected chi connectivity index (χ3v) is 10.2. The van der Waals surface area contributed by atoms with E-state index in [1.807, 2.05) is 0 Å². The van der Waals surface area contributed by atoms with Gasteiger partial charge in [0.05, 0.1) is 0 Å². The summed E-state index contributed by atoms with van der Waals surface area (Å²) >= 11 is 4.14. The molecular weight excluding hydrogens is 336 g/mol. The molecule has 0 aliphatic heterocycles. The van der Waals surface area contributed by atoms with E-state index < -0.39 is 0 Å². The van der Waals surface area contributed by atoms with Crippen molar-refractivity contribution < 1.29 is 4.79 Å². The number of Topliss-reactive ketones (excluding diaryl/α,β-unsaturated/α-hetero) is 1. The van der Waals surface area contributed by atoms with Crippen LogP contribution in [0.2, 0.25) is 0 Å². The van der Waals surface area contributed by atoms with Gasteiger partial charge < -0.3 is 0 Å². The molecule has 2 heteroatoms. The van der Waals surface area contributed by atoms with E-state index in [4.69, 9.17) is 0 Å². The van der Waals surface area contributed by atoms with Gasteiger partial charge in [-0.1, -0.05) is 36.7 Å². The lowest BCUT2D eigenvalue weighted by molar-refractivity contribution is -0.145. The van der Waals surface area contributed by atoms with Crippen LogP contribution in [0.3, 0.4) is 0 Å². The molecule has 3 unspecified atom stereocenters. The lowest BCUT2D eigenvalue weighted by Crippen LogP contribution is -2.57. The van der Waals surface area contributed by atoms with E-state index in [9.17, 15) is 4.79 Å². The van der Waals surface area contributed by atoms with Crippen molar-refractivity contribution in [2.75, 3.05) is 0 Å². The minimum absolute atomic E-state index is 0.0366. The monoisotopic (exact) mass is 364 g/mol. The summed E-state index contributed by atoms with van der Waals surface area (Å²) in [6.45, 7) is 7.08. The van der Waals surface area contributed by atoms with Crippen LogP contribution in [-0.4, -0.2) is 10.1 Å². The second-order valence-electron chi connectivity index (χ2n) is 10.5. The van der Waals surface area contributed by atoms with Crippen LogP contribution in [0.25, 0.3) is 0 Å². The van der Waals surface area contributed by atoms with Crippen LogP contribution >= 0.6 is 15.9 Å². The molecule has 0 amide bonds. The topological polar surface area (TPSA) is 17.1 Å². The summed E-state index contributed by atoms with van der Waals surface area (Å²) in [5, 5.41) is 0. The maximum absolute atomic E-state index is 13.5. The van der Waals surface area contributed by atoms with Gasteiger partial charge >= 0.3 is 0 Å². The summed E-state index contributed by atoms with van der Waals surface area (Å²) in [7, 11) is 0. The third kappa shape index (κ3) is 1.46. The standard InChI is InChI=1S/C20H29BrO/c1-17(2)14-4-5-18(17,3)16(22)15(14)19-7-12-6-13(8-19)10-20(21,9-12)11-19/h12-15H,4-11H2,1-3H3/t12-,13+,14-,15?,18+,19?,20?/m1/s1. The number of hydrogen-bond acceptors (Lipinski definition) is 1. The number of carbonyl (C=O) groups excluding carboxylic acids is 1. The van der Waals surface area contributed by atoms with Crippen LogP contribution in [0, 0.1) is 39.9 Å². The molecule has 0 radical (unpaired) electrons. The van der Waals surface area contributed by atoms with Gasteiger partial charge in [0.25, 0.3) is 0 Å². The van der Waals surface area contributed by atoms with E-state index >= 15 is 0 Å². The van der Waals surface area contributed by atoms with Crippen LogP contribution in [0.1, 0.15) is 72.1 Å². The largest absolute Gasteiger partial charge is 0.299 e. The second kappa shape index (κ2) is 3.86. The van der Waals surface area contributed by atoms with Crippen LogP contribution in [-0.2, 0) is 4.79 Å². The molecule has 6 aliphatic carbocycles. The lowest BCUT2D eigenvalue weighted by atomic mass is 9.44. The van der Waals surface area contributed by atoms with Crippen molar-refractivity contribution in [1.29, 1.82) is 0 Å². The first kappa shape index (κ1) is 14.5. The van der Waals surface area contributed by atoms with Gasteiger partial charge in [-0.05, 0) is 80.0 Å². The number of alkyl halides is 1. The zero-order valence-electron chi connectivity index (χ0n) is 14.3.